The molecule has 16 heavy (non-hydrogen) atoms. The molecule has 0 aromatic heterocycles. The first-order valence-corrected chi connectivity index (χ1v) is 5.19. The summed E-state index contributed by atoms with van der Waals surface area (Å²) in [5, 5.41) is 0. The number of carbonyl (C=O) groups is 1. The van der Waals surface area contributed by atoms with Crippen molar-refractivity contribution in [2.45, 2.75) is 26.7 Å². The molecule has 4 heteroatoms. The molecule has 0 amide bonds. The molecule has 1 aromatic carbocycles. The first-order chi connectivity index (χ1) is 7.41. The fraction of sp³-hybridized carbons (Fsp3) is 0.417. The largest absolute Gasteiger partial charge is 0.394 e. The van der Waals surface area contributed by atoms with Crippen molar-refractivity contribution in [3.63, 3.8) is 0 Å². The number of ketones is 1. The molecule has 0 heterocycles. The van der Waals surface area contributed by atoms with Crippen LogP contribution in [0.15, 0.2) is 12.1 Å². The van der Waals surface area contributed by atoms with Crippen molar-refractivity contribution in [3.05, 3.63) is 29.3 Å². The van der Waals surface area contributed by atoms with Crippen molar-refractivity contribution in [3.8, 4) is 0 Å². The van der Waals surface area contributed by atoms with Gasteiger partial charge < -0.3 is 5.73 Å². The minimum Gasteiger partial charge on any atom is -0.394 e. The summed E-state index contributed by atoms with van der Waals surface area (Å²) in [7, 11) is 0. The third-order valence-electron chi connectivity index (χ3n) is 2.35. The van der Waals surface area contributed by atoms with E-state index in [9.17, 15) is 13.6 Å². The highest BCUT2D eigenvalue weighted by molar-refractivity contribution is 5.96. The zero-order valence-electron chi connectivity index (χ0n) is 9.39. The third kappa shape index (κ3) is 3.02. The van der Waals surface area contributed by atoms with Crippen LogP contribution in [0.3, 0.4) is 0 Å². The number of carbonyl (C=O) groups excluding carboxylic acids is 1. The van der Waals surface area contributed by atoms with Gasteiger partial charge >= 0.3 is 0 Å². The minimum atomic E-state index is -0.882. The molecule has 0 fully saturated rings. The van der Waals surface area contributed by atoms with Crippen LogP contribution in [-0.2, 0) is 0 Å². The molecule has 0 radical (unpaired) electrons. The molecule has 88 valence electrons. The molecular formula is C12H15F2NO. The summed E-state index contributed by atoms with van der Waals surface area (Å²) >= 11 is 0. The standard InChI is InChI=1S/C12H15F2NO/c1-7(2)3-4-11(16)8-5-9(13)12(15)10(14)6-8/h5-7H,3-4,15H2,1-2H3. The molecule has 1 aromatic rings. The van der Waals surface area contributed by atoms with E-state index in [1.807, 2.05) is 13.8 Å². The number of anilines is 1. The average molecular weight is 227 g/mol. The zero-order chi connectivity index (χ0) is 12.3. The SMILES string of the molecule is CC(C)CCC(=O)c1cc(F)c(N)c(F)c1. The predicted molar refractivity (Wildman–Crippen MR) is 59.2 cm³/mol. The van der Waals surface area contributed by atoms with Gasteiger partial charge in [0.15, 0.2) is 5.78 Å². The molecular weight excluding hydrogens is 212 g/mol. The van der Waals surface area contributed by atoms with Crippen LogP contribution in [0, 0.1) is 17.6 Å². The minimum absolute atomic E-state index is 0.0462. The molecule has 0 saturated carbocycles. The lowest BCUT2D eigenvalue weighted by molar-refractivity contribution is 0.0974. The molecule has 0 aliphatic rings. The lowest BCUT2D eigenvalue weighted by atomic mass is 10.0. The Balaban J connectivity index is 2.84. The Morgan fingerprint density at radius 3 is 2.25 bits per heavy atom. The van der Waals surface area contributed by atoms with Crippen LogP contribution in [0.1, 0.15) is 37.0 Å². The highest BCUT2D eigenvalue weighted by Crippen LogP contribution is 2.19. The maximum Gasteiger partial charge on any atom is 0.163 e. The molecule has 0 spiro atoms. The Hall–Kier alpha value is -1.45. The number of benzene rings is 1. The van der Waals surface area contributed by atoms with Gasteiger partial charge in [0, 0.05) is 12.0 Å². The fourth-order valence-corrected chi connectivity index (χ4v) is 1.31. The fourth-order valence-electron chi connectivity index (χ4n) is 1.31. The van der Waals surface area contributed by atoms with Gasteiger partial charge in [-0.2, -0.15) is 0 Å². The van der Waals surface area contributed by atoms with Crippen LogP contribution < -0.4 is 5.73 Å². The number of halogens is 2. The second-order valence-corrected chi connectivity index (χ2v) is 4.21. The van der Waals surface area contributed by atoms with Crippen LogP contribution in [0.25, 0.3) is 0 Å². The van der Waals surface area contributed by atoms with Gasteiger partial charge in [0.2, 0.25) is 0 Å². The summed E-state index contributed by atoms with van der Waals surface area (Å²) in [6.45, 7) is 3.97. The van der Waals surface area contributed by atoms with Gasteiger partial charge in [-0.25, -0.2) is 8.78 Å². The molecule has 0 aliphatic carbocycles. The Morgan fingerprint density at radius 2 is 1.81 bits per heavy atom. The molecule has 0 aliphatic heterocycles. The Kier molecular flexibility index (Phi) is 3.99. The van der Waals surface area contributed by atoms with Crippen LogP contribution in [-0.4, -0.2) is 5.78 Å². The first-order valence-electron chi connectivity index (χ1n) is 5.19. The Labute approximate surface area is 93.5 Å². The highest BCUT2D eigenvalue weighted by atomic mass is 19.1. The summed E-state index contributed by atoms with van der Waals surface area (Å²) in [6, 6.07) is 1.97. The zero-order valence-corrected chi connectivity index (χ0v) is 9.39. The molecule has 2 nitrogen and oxygen atoms in total. The monoisotopic (exact) mass is 227 g/mol. The summed E-state index contributed by atoms with van der Waals surface area (Å²) in [4.78, 5) is 11.6. The van der Waals surface area contributed by atoms with Crippen molar-refractivity contribution in [2.24, 2.45) is 5.92 Å². The normalized spacial score (nSPS) is 10.8. The number of hydrogen-bond donors (Lipinski definition) is 1. The van der Waals surface area contributed by atoms with Crippen LogP contribution >= 0.6 is 0 Å². The third-order valence-corrected chi connectivity index (χ3v) is 2.35. The molecule has 2 N–H and O–H groups in total. The topological polar surface area (TPSA) is 43.1 Å². The van der Waals surface area contributed by atoms with E-state index in [4.69, 9.17) is 5.73 Å². The summed E-state index contributed by atoms with van der Waals surface area (Å²) in [5.74, 6) is -1.64. The highest BCUT2D eigenvalue weighted by Gasteiger charge is 2.13. The number of hydrogen-bond acceptors (Lipinski definition) is 2. The summed E-state index contributed by atoms with van der Waals surface area (Å²) in [6.07, 6.45) is 0.993. The maximum absolute atomic E-state index is 13.1. The van der Waals surface area contributed by atoms with Crippen LogP contribution in [0.4, 0.5) is 14.5 Å². The van der Waals surface area contributed by atoms with Crippen molar-refractivity contribution in [1.82, 2.24) is 0 Å². The van der Waals surface area contributed by atoms with Crippen LogP contribution in [0.5, 0.6) is 0 Å². The van der Waals surface area contributed by atoms with Gasteiger partial charge in [-0.3, -0.25) is 4.79 Å². The van der Waals surface area contributed by atoms with E-state index in [0.29, 0.717) is 18.8 Å². The van der Waals surface area contributed by atoms with Gasteiger partial charge in [0.1, 0.15) is 17.3 Å². The number of Topliss-reactive ketones (excluding diaryl/α,β-unsaturated/α-hetero) is 1. The van der Waals surface area contributed by atoms with E-state index < -0.39 is 17.3 Å². The Morgan fingerprint density at radius 1 is 1.31 bits per heavy atom. The van der Waals surface area contributed by atoms with Gasteiger partial charge in [-0.05, 0) is 24.5 Å². The van der Waals surface area contributed by atoms with E-state index in [2.05, 4.69) is 0 Å². The number of rotatable bonds is 4. The quantitative estimate of drug-likeness (QED) is 0.634. The van der Waals surface area contributed by atoms with Crippen LogP contribution in [0.2, 0.25) is 0 Å². The molecule has 0 bridgehead atoms. The second kappa shape index (κ2) is 5.05. The molecule has 0 unspecified atom stereocenters. The van der Waals surface area contributed by atoms with Gasteiger partial charge in [0.25, 0.3) is 0 Å². The Bertz CT molecular complexity index is 379. The van der Waals surface area contributed by atoms with Crippen molar-refractivity contribution < 1.29 is 13.6 Å². The van der Waals surface area contributed by atoms with Crippen molar-refractivity contribution >= 4 is 11.5 Å². The average Bonchev–Trinajstić information content (AvgIpc) is 2.21. The molecule has 0 atom stereocenters. The lowest BCUT2D eigenvalue weighted by Crippen LogP contribution is -2.05. The van der Waals surface area contributed by atoms with E-state index in [1.54, 1.807) is 0 Å². The van der Waals surface area contributed by atoms with E-state index in [0.717, 1.165) is 12.1 Å². The van der Waals surface area contributed by atoms with Crippen molar-refractivity contribution in [2.75, 3.05) is 5.73 Å². The second-order valence-electron chi connectivity index (χ2n) is 4.21. The van der Waals surface area contributed by atoms with Gasteiger partial charge in [-0.1, -0.05) is 13.8 Å². The van der Waals surface area contributed by atoms with E-state index in [-0.39, 0.29) is 11.3 Å². The number of nitrogens with two attached hydrogens (primary N) is 1. The number of nitrogen functional groups attached to an aromatic ring is 1. The predicted octanol–water partition coefficient (Wildman–Crippen LogP) is 3.17. The van der Waals surface area contributed by atoms with Gasteiger partial charge in [0.05, 0.1) is 0 Å². The lowest BCUT2D eigenvalue weighted by Gasteiger charge is -2.05. The van der Waals surface area contributed by atoms with E-state index >= 15 is 0 Å². The summed E-state index contributed by atoms with van der Waals surface area (Å²) in [5.41, 5.74) is 4.62. The first kappa shape index (κ1) is 12.6. The smallest absolute Gasteiger partial charge is 0.163 e. The van der Waals surface area contributed by atoms with E-state index in [1.165, 1.54) is 0 Å². The summed E-state index contributed by atoms with van der Waals surface area (Å²) < 4.78 is 26.2. The molecule has 0 saturated heterocycles. The van der Waals surface area contributed by atoms with Crippen molar-refractivity contribution in [1.29, 1.82) is 0 Å². The maximum atomic E-state index is 13.1. The van der Waals surface area contributed by atoms with Gasteiger partial charge in [-0.15, -0.1) is 0 Å². The molecule has 1 rings (SSSR count).